The number of fused-ring (bicyclic) bond motifs is 1. The number of phenolic OH excluding ortho intramolecular Hbond substituents is 1. The van der Waals surface area contributed by atoms with Gasteiger partial charge in [0.25, 0.3) is 5.91 Å². The molecule has 1 saturated carbocycles. The third-order valence-electron chi connectivity index (χ3n) is 5.65. The molecule has 3 aromatic rings. The zero-order valence-corrected chi connectivity index (χ0v) is 16.6. The quantitative estimate of drug-likeness (QED) is 0.607. The number of phenols is 1. The van der Waals surface area contributed by atoms with Crippen molar-refractivity contribution in [2.75, 3.05) is 6.61 Å². The summed E-state index contributed by atoms with van der Waals surface area (Å²) in [7, 11) is 0. The Labute approximate surface area is 171 Å². The standard InChI is InChI=1S/C25H27NO3/c27-24-21-14-8-7-13-20(21)23(29-16-15-18-9-3-1-4-10-18)17-22(24)25(28)26-19-11-5-2-6-12-19/h1,3-4,7-10,13-14,17,19,27H,2,5-6,11-12,15-16H2,(H,26,28). The van der Waals surface area contributed by atoms with E-state index in [1.54, 1.807) is 6.07 Å². The zero-order valence-electron chi connectivity index (χ0n) is 16.6. The molecule has 2 N–H and O–H groups in total. The van der Waals surface area contributed by atoms with Crippen LogP contribution < -0.4 is 10.1 Å². The average molecular weight is 389 g/mol. The van der Waals surface area contributed by atoms with Gasteiger partial charge in [0.15, 0.2) is 0 Å². The van der Waals surface area contributed by atoms with Crippen LogP contribution in [0.25, 0.3) is 10.8 Å². The van der Waals surface area contributed by atoms with Gasteiger partial charge in [0.05, 0.1) is 12.2 Å². The highest BCUT2D eigenvalue weighted by Crippen LogP contribution is 2.36. The van der Waals surface area contributed by atoms with Gasteiger partial charge in [-0.25, -0.2) is 0 Å². The largest absolute Gasteiger partial charge is 0.506 e. The van der Waals surface area contributed by atoms with Gasteiger partial charge < -0.3 is 15.2 Å². The minimum Gasteiger partial charge on any atom is -0.506 e. The van der Waals surface area contributed by atoms with Gasteiger partial charge in [-0.3, -0.25) is 4.79 Å². The molecule has 0 atom stereocenters. The molecule has 0 unspecified atom stereocenters. The van der Waals surface area contributed by atoms with Crippen LogP contribution in [0.2, 0.25) is 0 Å². The van der Waals surface area contributed by atoms with E-state index in [0.717, 1.165) is 37.5 Å². The lowest BCUT2D eigenvalue weighted by Crippen LogP contribution is -2.36. The molecule has 4 heteroatoms. The molecule has 29 heavy (non-hydrogen) atoms. The number of carbonyl (C=O) groups is 1. The van der Waals surface area contributed by atoms with E-state index < -0.39 is 0 Å². The molecule has 0 heterocycles. The summed E-state index contributed by atoms with van der Waals surface area (Å²) in [6.07, 6.45) is 6.29. The summed E-state index contributed by atoms with van der Waals surface area (Å²) >= 11 is 0. The lowest BCUT2D eigenvalue weighted by atomic mass is 9.95. The van der Waals surface area contributed by atoms with Crippen molar-refractivity contribution in [3.8, 4) is 11.5 Å². The number of amides is 1. The normalized spacial score (nSPS) is 14.6. The van der Waals surface area contributed by atoms with Gasteiger partial charge in [-0.1, -0.05) is 73.9 Å². The molecule has 1 amide bonds. The van der Waals surface area contributed by atoms with Crippen LogP contribution in [0.15, 0.2) is 60.7 Å². The van der Waals surface area contributed by atoms with Crippen LogP contribution in [0.1, 0.15) is 48.0 Å². The third-order valence-corrected chi connectivity index (χ3v) is 5.65. The number of benzene rings is 3. The predicted octanol–water partition coefficient (Wildman–Crippen LogP) is 5.23. The lowest BCUT2D eigenvalue weighted by Gasteiger charge is -2.23. The van der Waals surface area contributed by atoms with Crippen LogP contribution in [-0.2, 0) is 6.42 Å². The second kappa shape index (κ2) is 8.99. The van der Waals surface area contributed by atoms with Crippen molar-refractivity contribution in [1.82, 2.24) is 5.32 Å². The summed E-state index contributed by atoms with van der Waals surface area (Å²) in [5.41, 5.74) is 1.48. The lowest BCUT2D eigenvalue weighted by molar-refractivity contribution is 0.0925. The van der Waals surface area contributed by atoms with Crippen molar-refractivity contribution >= 4 is 16.7 Å². The first kappa shape index (κ1) is 19.3. The third kappa shape index (κ3) is 4.53. The molecule has 1 fully saturated rings. The van der Waals surface area contributed by atoms with E-state index >= 15 is 0 Å². The van der Waals surface area contributed by atoms with Crippen LogP contribution >= 0.6 is 0 Å². The average Bonchev–Trinajstić information content (AvgIpc) is 2.77. The van der Waals surface area contributed by atoms with Crippen molar-refractivity contribution in [3.63, 3.8) is 0 Å². The van der Waals surface area contributed by atoms with Crippen LogP contribution in [0, 0.1) is 0 Å². The Morgan fingerprint density at radius 3 is 2.41 bits per heavy atom. The number of carbonyl (C=O) groups excluding carboxylic acids is 1. The number of hydrogen-bond acceptors (Lipinski definition) is 3. The van der Waals surface area contributed by atoms with Crippen molar-refractivity contribution in [1.29, 1.82) is 0 Å². The SMILES string of the molecule is O=C(NC1CCCCC1)c1cc(OCCc2ccccc2)c2ccccc2c1O. The highest BCUT2D eigenvalue weighted by atomic mass is 16.5. The summed E-state index contributed by atoms with van der Waals surface area (Å²) in [4.78, 5) is 12.9. The van der Waals surface area contributed by atoms with Crippen LogP contribution in [-0.4, -0.2) is 23.7 Å². The minimum absolute atomic E-state index is 0.0179. The van der Waals surface area contributed by atoms with E-state index in [1.165, 1.54) is 12.0 Å². The maximum absolute atomic E-state index is 12.9. The summed E-state index contributed by atoms with van der Waals surface area (Å²) in [6.45, 7) is 0.502. The summed E-state index contributed by atoms with van der Waals surface area (Å²) in [6, 6.07) is 19.5. The number of rotatable bonds is 6. The molecule has 0 saturated heterocycles. The molecule has 0 radical (unpaired) electrons. The smallest absolute Gasteiger partial charge is 0.255 e. The van der Waals surface area contributed by atoms with Crippen molar-refractivity contribution in [2.45, 2.75) is 44.6 Å². The Morgan fingerprint density at radius 2 is 1.66 bits per heavy atom. The van der Waals surface area contributed by atoms with Gasteiger partial charge >= 0.3 is 0 Å². The highest BCUT2D eigenvalue weighted by Gasteiger charge is 2.21. The van der Waals surface area contributed by atoms with Gasteiger partial charge in [-0.15, -0.1) is 0 Å². The van der Waals surface area contributed by atoms with E-state index in [4.69, 9.17) is 4.74 Å². The van der Waals surface area contributed by atoms with E-state index in [1.807, 2.05) is 42.5 Å². The highest BCUT2D eigenvalue weighted by molar-refractivity contribution is 6.05. The molecule has 4 nitrogen and oxygen atoms in total. The fourth-order valence-corrected chi connectivity index (χ4v) is 4.05. The van der Waals surface area contributed by atoms with Crippen LogP contribution in [0.5, 0.6) is 11.5 Å². The first-order valence-corrected chi connectivity index (χ1v) is 10.4. The zero-order chi connectivity index (χ0) is 20.1. The van der Waals surface area contributed by atoms with Gasteiger partial charge in [-0.2, -0.15) is 0 Å². The first-order chi connectivity index (χ1) is 14.2. The predicted molar refractivity (Wildman–Crippen MR) is 116 cm³/mol. The topological polar surface area (TPSA) is 58.6 Å². The fourth-order valence-electron chi connectivity index (χ4n) is 4.05. The molecule has 3 aromatic carbocycles. The fraction of sp³-hybridized carbons (Fsp3) is 0.320. The Kier molecular flexibility index (Phi) is 5.99. The Morgan fingerprint density at radius 1 is 0.966 bits per heavy atom. The summed E-state index contributed by atoms with van der Waals surface area (Å²) in [5.74, 6) is 0.417. The van der Waals surface area contributed by atoms with E-state index in [0.29, 0.717) is 17.7 Å². The number of hydrogen-bond donors (Lipinski definition) is 2. The molecule has 1 aliphatic rings. The molecule has 0 aromatic heterocycles. The van der Waals surface area contributed by atoms with E-state index in [-0.39, 0.29) is 23.3 Å². The monoisotopic (exact) mass is 389 g/mol. The van der Waals surface area contributed by atoms with Crippen molar-refractivity contribution in [3.05, 3.63) is 71.8 Å². The maximum atomic E-state index is 12.9. The molecular formula is C25H27NO3. The number of aromatic hydroxyl groups is 1. The second-order valence-electron chi connectivity index (χ2n) is 7.71. The van der Waals surface area contributed by atoms with Gasteiger partial charge in [0.2, 0.25) is 0 Å². The molecule has 0 spiro atoms. The molecule has 1 aliphatic carbocycles. The molecule has 150 valence electrons. The van der Waals surface area contributed by atoms with Crippen molar-refractivity contribution < 1.29 is 14.6 Å². The number of nitrogens with one attached hydrogen (secondary N) is 1. The van der Waals surface area contributed by atoms with Gasteiger partial charge in [0, 0.05) is 23.2 Å². The Bertz CT molecular complexity index is 978. The van der Waals surface area contributed by atoms with E-state index in [9.17, 15) is 9.90 Å². The maximum Gasteiger partial charge on any atom is 0.255 e. The van der Waals surface area contributed by atoms with Crippen LogP contribution in [0.4, 0.5) is 0 Å². The molecule has 0 bridgehead atoms. The molecule has 0 aliphatic heterocycles. The van der Waals surface area contributed by atoms with E-state index in [2.05, 4.69) is 17.4 Å². The summed E-state index contributed by atoms with van der Waals surface area (Å²) < 4.78 is 6.07. The molecular weight excluding hydrogens is 362 g/mol. The number of ether oxygens (including phenoxy) is 1. The van der Waals surface area contributed by atoms with Crippen LogP contribution in [0.3, 0.4) is 0 Å². The summed E-state index contributed by atoms with van der Waals surface area (Å²) in [5, 5.41) is 15.3. The minimum atomic E-state index is -0.229. The van der Waals surface area contributed by atoms with Gasteiger partial charge in [0.1, 0.15) is 11.5 Å². The van der Waals surface area contributed by atoms with Gasteiger partial charge in [-0.05, 0) is 24.5 Å². The van der Waals surface area contributed by atoms with Crippen molar-refractivity contribution in [2.24, 2.45) is 0 Å². The Hall–Kier alpha value is -3.01. The second-order valence-corrected chi connectivity index (χ2v) is 7.71. The first-order valence-electron chi connectivity index (χ1n) is 10.4. The molecule has 4 rings (SSSR count). The Balaban J connectivity index is 1.57.